The van der Waals surface area contributed by atoms with Crippen molar-refractivity contribution in [3.63, 3.8) is 0 Å². The quantitative estimate of drug-likeness (QED) is 0.158. The Labute approximate surface area is 353 Å². The van der Waals surface area contributed by atoms with Gasteiger partial charge in [0.25, 0.3) is 0 Å². The molecule has 0 aliphatic heterocycles. The third-order valence-electron chi connectivity index (χ3n) is 13.1. The Morgan fingerprint density at radius 1 is 0.213 bits per heavy atom. The minimum atomic E-state index is 1.10. The maximum Gasteiger partial charge on any atom is 0.0474 e. The van der Waals surface area contributed by atoms with Crippen LogP contribution in [0.1, 0.15) is 0 Å². The molecule has 0 aromatic heterocycles. The van der Waals surface area contributed by atoms with Crippen LogP contribution in [0.3, 0.4) is 0 Å². The van der Waals surface area contributed by atoms with Crippen molar-refractivity contribution < 1.29 is 0 Å². The van der Waals surface area contributed by atoms with Crippen molar-refractivity contribution in [2.24, 2.45) is 0 Å². The van der Waals surface area contributed by atoms with Crippen LogP contribution in [-0.4, -0.2) is 0 Å². The number of hydrogen-bond acceptors (Lipinski definition) is 1. The molecule has 0 aliphatic rings. The molecule has 0 atom stereocenters. The van der Waals surface area contributed by atoms with Gasteiger partial charge in [0.1, 0.15) is 0 Å². The average molecular weight is 772 g/mol. The number of anilines is 3. The van der Waals surface area contributed by atoms with Crippen molar-refractivity contribution in [3.8, 4) is 22.3 Å². The predicted molar refractivity (Wildman–Crippen MR) is 263 cm³/mol. The maximum atomic E-state index is 2.45. The van der Waals surface area contributed by atoms with Crippen LogP contribution in [0, 0.1) is 0 Å². The molecular weight excluding hydrogens is 735 g/mol. The number of rotatable bonds is 5. The summed E-state index contributed by atoms with van der Waals surface area (Å²) in [4.78, 5) is 2.44. The number of hydrogen-bond donors (Lipinski definition) is 0. The third kappa shape index (κ3) is 5.21. The second-order valence-electron chi connectivity index (χ2n) is 16.4. The van der Waals surface area contributed by atoms with Gasteiger partial charge in [0, 0.05) is 17.1 Å². The van der Waals surface area contributed by atoms with Crippen molar-refractivity contribution in [2.45, 2.75) is 0 Å². The molecule has 1 nitrogen and oxygen atoms in total. The first-order valence-corrected chi connectivity index (χ1v) is 21.2. The predicted octanol–water partition coefficient (Wildman–Crippen LogP) is 17.2. The zero-order valence-corrected chi connectivity index (χ0v) is 33.3. The van der Waals surface area contributed by atoms with Gasteiger partial charge in [0.05, 0.1) is 0 Å². The lowest BCUT2D eigenvalue weighted by Crippen LogP contribution is -2.10. The van der Waals surface area contributed by atoms with Gasteiger partial charge in [-0.2, -0.15) is 0 Å². The summed E-state index contributed by atoms with van der Waals surface area (Å²) in [6.45, 7) is 0. The second-order valence-corrected chi connectivity index (χ2v) is 16.4. The van der Waals surface area contributed by atoms with Crippen molar-refractivity contribution in [3.05, 3.63) is 224 Å². The molecule has 0 radical (unpaired) electrons. The Morgan fingerprint density at radius 3 is 1.28 bits per heavy atom. The van der Waals surface area contributed by atoms with Crippen LogP contribution in [0.25, 0.3) is 108 Å². The Hall–Kier alpha value is -8.00. The van der Waals surface area contributed by atoms with Crippen molar-refractivity contribution in [1.82, 2.24) is 0 Å². The average Bonchev–Trinajstić information content (AvgIpc) is 3.33. The zero-order chi connectivity index (χ0) is 40.0. The van der Waals surface area contributed by atoms with Crippen LogP contribution in [-0.2, 0) is 0 Å². The molecule has 61 heavy (non-hydrogen) atoms. The van der Waals surface area contributed by atoms with Crippen LogP contribution in [0.4, 0.5) is 17.1 Å². The summed E-state index contributed by atoms with van der Waals surface area (Å²) in [7, 11) is 0. The van der Waals surface area contributed by atoms with Crippen molar-refractivity contribution >= 4 is 103 Å². The molecule has 282 valence electrons. The lowest BCUT2D eigenvalue weighted by Gasteiger charge is -2.27. The van der Waals surface area contributed by atoms with Crippen LogP contribution in [0.15, 0.2) is 224 Å². The highest BCUT2D eigenvalue weighted by molar-refractivity contribution is 6.37. The van der Waals surface area contributed by atoms with E-state index in [-0.39, 0.29) is 0 Å². The van der Waals surface area contributed by atoms with Gasteiger partial charge in [-0.15, -0.1) is 0 Å². The molecule has 13 aromatic rings. The molecule has 0 spiro atoms. The fourth-order valence-corrected chi connectivity index (χ4v) is 10.4. The van der Waals surface area contributed by atoms with Crippen LogP contribution < -0.4 is 4.90 Å². The van der Waals surface area contributed by atoms with Gasteiger partial charge in [-0.1, -0.05) is 182 Å². The molecule has 1 heteroatoms. The zero-order valence-electron chi connectivity index (χ0n) is 33.3. The van der Waals surface area contributed by atoms with E-state index < -0.39 is 0 Å². The van der Waals surface area contributed by atoms with Gasteiger partial charge in [-0.3, -0.25) is 0 Å². The van der Waals surface area contributed by atoms with E-state index in [9.17, 15) is 0 Å². The van der Waals surface area contributed by atoms with Gasteiger partial charge in [-0.25, -0.2) is 0 Å². The molecular formula is C60H37N. The summed E-state index contributed by atoms with van der Waals surface area (Å²) >= 11 is 0. The van der Waals surface area contributed by atoms with Crippen LogP contribution >= 0.6 is 0 Å². The van der Waals surface area contributed by atoms with E-state index in [0.717, 1.165) is 17.1 Å². The first-order valence-electron chi connectivity index (χ1n) is 21.2. The fourth-order valence-electron chi connectivity index (χ4n) is 10.4. The molecule has 13 aromatic carbocycles. The Balaban J connectivity index is 1.08. The Bertz CT molecular complexity index is 3840. The molecule has 0 amide bonds. The molecule has 0 N–H and O–H groups in total. The number of benzene rings is 12. The van der Waals surface area contributed by atoms with E-state index in [1.165, 1.54) is 108 Å². The summed E-state index contributed by atoms with van der Waals surface area (Å²) in [5.41, 5.74) is 8.17. The van der Waals surface area contributed by atoms with Gasteiger partial charge in [-0.05, 0) is 151 Å². The molecule has 13 rings (SSSR count). The van der Waals surface area contributed by atoms with Gasteiger partial charge >= 0.3 is 0 Å². The molecule has 0 fully saturated rings. The van der Waals surface area contributed by atoms with E-state index in [1.54, 1.807) is 0 Å². The summed E-state index contributed by atoms with van der Waals surface area (Å²) < 4.78 is 0. The highest BCUT2D eigenvalue weighted by Gasteiger charge is 2.20. The summed E-state index contributed by atoms with van der Waals surface area (Å²) in [6.07, 6.45) is 0. The lowest BCUT2D eigenvalue weighted by atomic mass is 9.87. The molecule has 0 saturated heterocycles. The monoisotopic (exact) mass is 771 g/mol. The van der Waals surface area contributed by atoms with Crippen molar-refractivity contribution in [1.29, 1.82) is 0 Å². The number of fused-ring (bicyclic) bond motifs is 5. The van der Waals surface area contributed by atoms with E-state index in [2.05, 4.69) is 229 Å². The first-order chi connectivity index (χ1) is 30.2. The number of nitrogens with zero attached hydrogens (tertiary/aromatic N) is 1. The van der Waals surface area contributed by atoms with E-state index in [1.807, 2.05) is 0 Å². The first kappa shape index (κ1) is 33.9. The SMILES string of the molecule is c1ccc(-c2ccc(N(c3ccc(-c4cc5ccccc5c5ccccc45)cc3)c3cc4ccc5cccc6c7cccc8ccc9cccc(c(c3)c4c56)c9c87)cc2)cc1. The smallest absolute Gasteiger partial charge is 0.0474 e. The fraction of sp³-hybridized carbons (Fsp3) is 0. The second kappa shape index (κ2) is 13.3. The summed E-state index contributed by atoms with van der Waals surface area (Å²) in [5, 5.41) is 20.4. The molecule has 0 bridgehead atoms. The molecule has 0 aliphatic carbocycles. The molecule has 0 saturated carbocycles. The van der Waals surface area contributed by atoms with Gasteiger partial charge in [0.15, 0.2) is 0 Å². The third-order valence-corrected chi connectivity index (χ3v) is 13.1. The Kier molecular flexibility index (Phi) is 7.37. The minimum Gasteiger partial charge on any atom is -0.310 e. The molecule has 0 unspecified atom stereocenters. The molecule has 0 heterocycles. The topological polar surface area (TPSA) is 3.24 Å². The lowest BCUT2D eigenvalue weighted by molar-refractivity contribution is 1.29. The van der Waals surface area contributed by atoms with Crippen molar-refractivity contribution in [2.75, 3.05) is 4.90 Å². The van der Waals surface area contributed by atoms with Crippen LogP contribution in [0.5, 0.6) is 0 Å². The normalized spacial score (nSPS) is 11.9. The van der Waals surface area contributed by atoms with E-state index in [0.29, 0.717) is 0 Å². The highest BCUT2D eigenvalue weighted by atomic mass is 15.1. The summed E-state index contributed by atoms with van der Waals surface area (Å²) in [6, 6.07) is 83.3. The Morgan fingerprint density at radius 2 is 0.656 bits per heavy atom. The van der Waals surface area contributed by atoms with E-state index >= 15 is 0 Å². The van der Waals surface area contributed by atoms with Crippen LogP contribution in [0.2, 0.25) is 0 Å². The highest BCUT2D eigenvalue weighted by Crippen LogP contribution is 2.47. The maximum absolute atomic E-state index is 2.45. The largest absolute Gasteiger partial charge is 0.310 e. The van der Waals surface area contributed by atoms with E-state index in [4.69, 9.17) is 0 Å². The standard InChI is InChI=1S/C60H37N/c1-2-11-38(12-3-1)39-27-31-46(32-28-39)61(47-33-29-40(30-34-47)55-36-44-13-4-5-17-49(44)50-18-6-7-19-51(50)55)48-35-45-26-25-43-15-9-21-53-52-20-8-14-41-23-24-42-16-10-22-54(59(42)57(41)52)56(37-48)60(45)58(43)53/h1-37H. The van der Waals surface area contributed by atoms with Gasteiger partial charge in [0.2, 0.25) is 0 Å². The summed E-state index contributed by atoms with van der Waals surface area (Å²) in [5.74, 6) is 0. The van der Waals surface area contributed by atoms with Gasteiger partial charge < -0.3 is 4.90 Å². The minimum absolute atomic E-state index is 1.10.